The summed E-state index contributed by atoms with van der Waals surface area (Å²) in [6.07, 6.45) is -3.27. The Kier molecular flexibility index (Phi) is 3.34. The third kappa shape index (κ3) is 2.58. The van der Waals surface area contributed by atoms with Crippen LogP contribution in [0.4, 0.5) is 13.2 Å². The predicted octanol–water partition coefficient (Wildman–Crippen LogP) is 0.968. The Morgan fingerprint density at radius 2 is 2.24 bits per heavy atom. The second kappa shape index (κ2) is 4.61. The number of alkyl halides is 3. The molecule has 0 aliphatic carbocycles. The topological polar surface area (TPSA) is 60.2 Å². The predicted molar refractivity (Wildman–Crippen MR) is 49.9 cm³/mol. The smallest absolute Gasteiger partial charge is 0.390 e. The van der Waals surface area contributed by atoms with Gasteiger partial charge in [-0.3, -0.25) is 0 Å². The number of nitrogens with zero attached hydrogens (tertiary/aromatic N) is 3. The first-order valence-electron chi connectivity index (χ1n) is 5.24. The molecular weight excluding hydrogens is 239 g/mol. The molecule has 1 aliphatic rings. The van der Waals surface area contributed by atoms with Crippen molar-refractivity contribution < 1.29 is 23.0 Å². The zero-order valence-electron chi connectivity index (χ0n) is 8.94. The van der Waals surface area contributed by atoms with Crippen LogP contribution in [0.25, 0.3) is 0 Å². The highest BCUT2D eigenvalue weighted by Crippen LogP contribution is 2.31. The molecule has 0 radical (unpaired) electrons. The lowest BCUT2D eigenvalue weighted by Crippen LogP contribution is -2.22. The summed E-state index contributed by atoms with van der Waals surface area (Å²) < 4.78 is 44.3. The summed E-state index contributed by atoms with van der Waals surface area (Å²) in [5, 5.41) is 15.6. The summed E-state index contributed by atoms with van der Waals surface area (Å²) in [6.45, 7) is -0.199. The summed E-state index contributed by atoms with van der Waals surface area (Å²) in [5.41, 5.74) is -1.44. The zero-order chi connectivity index (χ0) is 12.5. The van der Waals surface area contributed by atoms with E-state index < -0.39 is 24.2 Å². The molecule has 1 fully saturated rings. The molecule has 0 bridgehead atoms. The fourth-order valence-corrected chi connectivity index (χ4v) is 1.87. The molecule has 1 N–H and O–H groups in total. The van der Waals surface area contributed by atoms with Gasteiger partial charge >= 0.3 is 6.18 Å². The number of rotatable bonds is 3. The maximum Gasteiger partial charge on any atom is 0.435 e. The highest BCUT2D eigenvalue weighted by atomic mass is 19.4. The van der Waals surface area contributed by atoms with Crippen LogP contribution in [0.3, 0.4) is 0 Å². The van der Waals surface area contributed by atoms with Gasteiger partial charge in [-0.25, -0.2) is 4.68 Å². The van der Waals surface area contributed by atoms with Gasteiger partial charge in [0.25, 0.3) is 0 Å². The van der Waals surface area contributed by atoms with E-state index in [4.69, 9.17) is 9.84 Å². The second-order valence-corrected chi connectivity index (χ2v) is 3.86. The first-order valence-corrected chi connectivity index (χ1v) is 5.24. The first kappa shape index (κ1) is 12.3. The Morgan fingerprint density at radius 1 is 1.47 bits per heavy atom. The molecule has 0 spiro atoms. The van der Waals surface area contributed by atoms with Crippen molar-refractivity contribution in [2.75, 3.05) is 6.61 Å². The summed E-state index contributed by atoms with van der Waals surface area (Å²) in [5.74, 6) is 0. The van der Waals surface area contributed by atoms with E-state index >= 15 is 0 Å². The Balaban J connectivity index is 2.23. The standard InChI is InChI=1S/C9H12F3N3O2/c10-9(11,12)8-7(5-16)13-14-15(8)4-6-2-1-3-17-6/h6,16H,1-5H2. The van der Waals surface area contributed by atoms with Crippen molar-refractivity contribution in [3.05, 3.63) is 11.4 Å². The van der Waals surface area contributed by atoms with Gasteiger partial charge in [0.2, 0.25) is 0 Å². The molecule has 1 aliphatic heterocycles. The lowest BCUT2D eigenvalue weighted by molar-refractivity contribution is -0.146. The summed E-state index contributed by atoms with van der Waals surface area (Å²) in [7, 11) is 0. The fourth-order valence-electron chi connectivity index (χ4n) is 1.87. The van der Waals surface area contributed by atoms with E-state index in [1.807, 2.05) is 0 Å². The van der Waals surface area contributed by atoms with E-state index in [1.54, 1.807) is 0 Å². The average Bonchev–Trinajstić information content (AvgIpc) is 2.85. The second-order valence-electron chi connectivity index (χ2n) is 3.86. The molecule has 1 aromatic rings. The van der Waals surface area contributed by atoms with Crippen LogP contribution in [0, 0.1) is 0 Å². The molecule has 0 saturated carbocycles. The van der Waals surface area contributed by atoms with Crippen LogP contribution in [0.5, 0.6) is 0 Å². The summed E-state index contributed by atoms with van der Waals surface area (Å²) in [6, 6.07) is 0. The number of aromatic nitrogens is 3. The molecule has 8 heteroatoms. The molecule has 2 rings (SSSR count). The fraction of sp³-hybridized carbons (Fsp3) is 0.778. The van der Waals surface area contributed by atoms with Crippen molar-refractivity contribution in [1.82, 2.24) is 15.0 Å². The van der Waals surface area contributed by atoms with Crippen LogP contribution in [0.15, 0.2) is 0 Å². The molecular formula is C9H12F3N3O2. The van der Waals surface area contributed by atoms with E-state index in [-0.39, 0.29) is 12.6 Å². The minimum atomic E-state index is -4.57. The molecule has 5 nitrogen and oxygen atoms in total. The van der Waals surface area contributed by atoms with Gasteiger partial charge in [0.05, 0.1) is 19.3 Å². The molecule has 96 valence electrons. The first-order chi connectivity index (χ1) is 8.02. The quantitative estimate of drug-likeness (QED) is 0.869. The van der Waals surface area contributed by atoms with Gasteiger partial charge in [-0.05, 0) is 12.8 Å². The van der Waals surface area contributed by atoms with E-state index in [0.29, 0.717) is 13.0 Å². The van der Waals surface area contributed by atoms with Crippen molar-refractivity contribution in [2.45, 2.75) is 38.3 Å². The minimum absolute atomic E-state index is 0.0157. The maximum atomic E-state index is 12.8. The Hall–Kier alpha value is -1.15. The van der Waals surface area contributed by atoms with E-state index in [1.165, 1.54) is 0 Å². The van der Waals surface area contributed by atoms with E-state index in [2.05, 4.69) is 10.3 Å². The van der Waals surface area contributed by atoms with Gasteiger partial charge in [-0.1, -0.05) is 5.21 Å². The van der Waals surface area contributed by atoms with Crippen molar-refractivity contribution in [3.63, 3.8) is 0 Å². The molecule has 0 amide bonds. The van der Waals surface area contributed by atoms with Gasteiger partial charge in [-0.2, -0.15) is 13.2 Å². The Labute approximate surface area is 95.2 Å². The number of ether oxygens (including phenoxy) is 1. The van der Waals surface area contributed by atoms with Gasteiger partial charge in [-0.15, -0.1) is 5.10 Å². The molecule has 1 aromatic heterocycles. The molecule has 0 aromatic carbocycles. The largest absolute Gasteiger partial charge is 0.435 e. The summed E-state index contributed by atoms with van der Waals surface area (Å²) in [4.78, 5) is 0. The van der Waals surface area contributed by atoms with E-state index in [0.717, 1.165) is 11.1 Å². The number of aliphatic hydroxyl groups is 1. The third-order valence-corrected chi connectivity index (χ3v) is 2.62. The normalized spacial score (nSPS) is 21.1. The Morgan fingerprint density at radius 3 is 2.76 bits per heavy atom. The van der Waals surface area contributed by atoms with Gasteiger partial charge in [0, 0.05) is 6.61 Å². The highest BCUT2D eigenvalue weighted by molar-refractivity contribution is 5.13. The number of halogens is 3. The van der Waals surface area contributed by atoms with Crippen LogP contribution < -0.4 is 0 Å². The van der Waals surface area contributed by atoms with E-state index in [9.17, 15) is 13.2 Å². The zero-order valence-corrected chi connectivity index (χ0v) is 8.94. The minimum Gasteiger partial charge on any atom is -0.390 e. The summed E-state index contributed by atoms with van der Waals surface area (Å²) >= 11 is 0. The molecule has 1 atom stereocenters. The number of hydrogen-bond acceptors (Lipinski definition) is 4. The average molecular weight is 251 g/mol. The van der Waals surface area contributed by atoms with Crippen LogP contribution in [0.2, 0.25) is 0 Å². The molecule has 1 saturated heterocycles. The third-order valence-electron chi connectivity index (χ3n) is 2.62. The molecule has 1 unspecified atom stereocenters. The Bertz CT molecular complexity index is 385. The lowest BCUT2D eigenvalue weighted by Gasteiger charge is -2.13. The van der Waals surface area contributed by atoms with Crippen molar-refractivity contribution in [3.8, 4) is 0 Å². The SMILES string of the molecule is OCc1nnn(CC2CCCO2)c1C(F)(F)F. The van der Waals surface area contributed by atoms with Crippen LogP contribution >= 0.6 is 0 Å². The molecule has 2 heterocycles. The monoisotopic (exact) mass is 251 g/mol. The van der Waals surface area contributed by atoms with Gasteiger partial charge < -0.3 is 9.84 Å². The van der Waals surface area contributed by atoms with Crippen LogP contribution in [-0.2, 0) is 24.1 Å². The number of aliphatic hydroxyl groups excluding tert-OH is 1. The van der Waals surface area contributed by atoms with Crippen molar-refractivity contribution in [1.29, 1.82) is 0 Å². The van der Waals surface area contributed by atoms with Gasteiger partial charge in [0.15, 0.2) is 5.69 Å². The number of hydrogen-bond donors (Lipinski definition) is 1. The van der Waals surface area contributed by atoms with Gasteiger partial charge in [0.1, 0.15) is 5.69 Å². The maximum absolute atomic E-state index is 12.8. The lowest BCUT2D eigenvalue weighted by atomic mass is 10.2. The molecule has 17 heavy (non-hydrogen) atoms. The van der Waals surface area contributed by atoms with Crippen molar-refractivity contribution >= 4 is 0 Å². The van der Waals surface area contributed by atoms with Crippen molar-refractivity contribution in [2.24, 2.45) is 0 Å². The van der Waals surface area contributed by atoms with Crippen LogP contribution in [0.1, 0.15) is 24.2 Å². The van der Waals surface area contributed by atoms with Crippen LogP contribution in [-0.4, -0.2) is 32.8 Å². The highest BCUT2D eigenvalue weighted by Gasteiger charge is 2.39.